The highest BCUT2D eigenvalue weighted by Crippen LogP contribution is 2.38. The van der Waals surface area contributed by atoms with Crippen LogP contribution < -0.4 is 9.47 Å². The van der Waals surface area contributed by atoms with Gasteiger partial charge in [-0.15, -0.1) is 0 Å². The van der Waals surface area contributed by atoms with Crippen LogP contribution in [0, 0.1) is 6.92 Å². The second-order valence-electron chi connectivity index (χ2n) is 3.85. The highest BCUT2D eigenvalue weighted by Gasteiger charge is 2.22. The molecule has 100 valence electrons. The number of rotatable bonds is 4. The molecule has 19 heavy (non-hydrogen) atoms. The summed E-state index contributed by atoms with van der Waals surface area (Å²) in [6.45, 7) is 1.82. The Morgan fingerprint density at radius 1 is 1.32 bits per heavy atom. The van der Waals surface area contributed by atoms with Crippen molar-refractivity contribution in [2.24, 2.45) is 0 Å². The van der Waals surface area contributed by atoms with Gasteiger partial charge in [-0.1, -0.05) is 5.16 Å². The third-order valence-corrected chi connectivity index (χ3v) is 2.83. The Morgan fingerprint density at radius 3 is 2.63 bits per heavy atom. The van der Waals surface area contributed by atoms with E-state index in [4.69, 9.17) is 19.1 Å². The molecule has 1 N–H and O–H groups in total. The molecule has 1 heterocycles. The van der Waals surface area contributed by atoms with Crippen molar-refractivity contribution in [2.75, 3.05) is 14.2 Å². The van der Waals surface area contributed by atoms with Gasteiger partial charge in [-0.3, -0.25) is 0 Å². The molecule has 0 radical (unpaired) electrons. The van der Waals surface area contributed by atoms with Crippen LogP contribution in [0.3, 0.4) is 0 Å². The van der Waals surface area contributed by atoms with Crippen molar-refractivity contribution in [3.05, 3.63) is 29.5 Å². The zero-order chi connectivity index (χ0) is 14.0. The fourth-order valence-corrected chi connectivity index (χ4v) is 1.92. The number of methoxy groups -OCH3 is 2. The maximum absolute atomic E-state index is 11.1. The number of carboxylic acids is 1. The topological polar surface area (TPSA) is 81.8 Å². The van der Waals surface area contributed by atoms with Crippen molar-refractivity contribution in [3.8, 4) is 22.8 Å². The van der Waals surface area contributed by atoms with Crippen molar-refractivity contribution < 1.29 is 23.9 Å². The Balaban J connectivity index is 2.65. The van der Waals surface area contributed by atoms with Gasteiger partial charge in [0.15, 0.2) is 5.76 Å². The van der Waals surface area contributed by atoms with Crippen LogP contribution in [0.1, 0.15) is 15.9 Å². The number of ether oxygens (including phenoxy) is 2. The van der Waals surface area contributed by atoms with Crippen molar-refractivity contribution >= 4 is 5.97 Å². The standard InChI is InChI=1S/C13H13NO5/c1-7-10(17-2)5-4-8(11(7)18-3)12-9(13(15)16)6-14-19-12/h4-6H,1-3H3,(H,15,16). The molecule has 0 amide bonds. The zero-order valence-electron chi connectivity index (χ0n) is 10.8. The average Bonchev–Trinajstić information content (AvgIpc) is 2.87. The summed E-state index contributed by atoms with van der Waals surface area (Å²) in [4.78, 5) is 11.1. The maximum atomic E-state index is 11.1. The minimum absolute atomic E-state index is 0.0112. The molecule has 0 saturated heterocycles. The molecule has 0 bridgehead atoms. The lowest BCUT2D eigenvalue weighted by Crippen LogP contribution is -1.99. The lowest BCUT2D eigenvalue weighted by Gasteiger charge is -2.13. The van der Waals surface area contributed by atoms with Crippen LogP contribution in [-0.4, -0.2) is 30.5 Å². The fourth-order valence-electron chi connectivity index (χ4n) is 1.92. The number of benzene rings is 1. The minimum atomic E-state index is -1.10. The number of carboxylic acid groups (broad SMARTS) is 1. The van der Waals surface area contributed by atoms with Crippen LogP contribution in [0.4, 0.5) is 0 Å². The van der Waals surface area contributed by atoms with Gasteiger partial charge in [0, 0.05) is 5.56 Å². The Bertz CT molecular complexity index is 617. The van der Waals surface area contributed by atoms with Crippen LogP contribution in [-0.2, 0) is 0 Å². The van der Waals surface area contributed by atoms with Gasteiger partial charge < -0.3 is 19.1 Å². The van der Waals surface area contributed by atoms with Crippen molar-refractivity contribution in [2.45, 2.75) is 6.92 Å². The van der Waals surface area contributed by atoms with Gasteiger partial charge in [0.2, 0.25) is 0 Å². The van der Waals surface area contributed by atoms with Gasteiger partial charge in [-0.2, -0.15) is 0 Å². The van der Waals surface area contributed by atoms with Gasteiger partial charge in [0.05, 0.1) is 26.0 Å². The maximum Gasteiger partial charge on any atom is 0.341 e. The normalized spacial score (nSPS) is 10.3. The quantitative estimate of drug-likeness (QED) is 0.911. The van der Waals surface area contributed by atoms with E-state index in [1.165, 1.54) is 7.11 Å². The van der Waals surface area contributed by atoms with Gasteiger partial charge in [-0.25, -0.2) is 4.79 Å². The van der Waals surface area contributed by atoms with E-state index in [-0.39, 0.29) is 11.3 Å². The lowest BCUT2D eigenvalue weighted by atomic mass is 10.0. The van der Waals surface area contributed by atoms with Crippen molar-refractivity contribution in [1.82, 2.24) is 5.16 Å². The summed E-state index contributed by atoms with van der Waals surface area (Å²) < 4.78 is 15.5. The molecule has 2 rings (SSSR count). The van der Waals surface area contributed by atoms with Crippen LogP contribution in [0.2, 0.25) is 0 Å². The monoisotopic (exact) mass is 263 g/mol. The third-order valence-electron chi connectivity index (χ3n) is 2.83. The van der Waals surface area contributed by atoms with Gasteiger partial charge in [0.25, 0.3) is 0 Å². The summed E-state index contributed by atoms with van der Waals surface area (Å²) in [5, 5.41) is 12.6. The molecule has 2 aromatic rings. The molecule has 0 spiro atoms. The van der Waals surface area contributed by atoms with E-state index >= 15 is 0 Å². The molecule has 1 aromatic carbocycles. The van der Waals surface area contributed by atoms with Gasteiger partial charge >= 0.3 is 5.97 Å². The van der Waals surface area contributed by atoms with Crippen LogP contribution in [0.15, 0.2) is 22.9 Å². The van der Waals surface area contributed by atoms with E-state index in [9.17, 15) is 4.79 Å². The molecule has 0 aliphatic heterocycles. The van der Waals surface area contributed by atoms with E-state index in [0.717, 1.165) is 11.8 Å². The lowest BCUT2D eigenvalue weighted by molar-refractivity contribution is 0.0697. The van der Waals surface area contributed by atoms with E-state index in [1.54, 1.807) is 19.2 Å². The van der Waals surface area contributed by atoms with E-state index < -0.39 is 5.97 Å². The highest BCUT2D eigenvalue weighted by molar-refractivity contribution is 5.95. The first-order chi connectivity index (χ1) is 9.10. The average molecular weight is 263 g/mol. The molecular weight excluding hydrogens is 250 g/mol. The molecule has 0 saturated carbocycles. The summed E-state index contributed by atoms with van der Waals surface area (Å²) in [6, 6.07) is 3.40. The number of hydrogen-bond acceptors (Lipinski definition) is 5. The van der Waals surface area contributed by atoms with Crippen LogP contribution in [0.25, 0.3) is 11.3 Å². The molecule has 6 heteroatoms. The molecule has 0 unspecified atom stereocenters. The second kappa shape index (κ2) is 5.01. The fraction of sp³-hybridized carbons (Fsp3) is 0.231. The molecule has 0 aliphatic rings. The largest absolute Gasteiger partial charge is 0.496 e. The zero-order valence-corrected chi connectivity index (χ0v) is 10.8. The summed E-state index contributed by atoms with van der Waals surface area (Å²) >= 11 is 0. The van der Waals surface area contributed by atoms with Crippen molar-refractivity contribution in [1.29, 1.82) is 0 Å². The van der Waals surface area contributed by atoms with E-state index in [1.807, 2.05) is 6.92 Å². The van der Waals surface area contributed by atoms with Crippen LogP contribution >= 0.6 is 0 Å². The molecule has 0 fully saturated rings. The van der Waals surface area contributed by atoms with Crippen molar-refractivity contribution in [3.63, 3.8) is 0 Å². The van der Waals surface area contributed by atoms with E-state index in [0.29, 0.717) is 17.1 Å². The number of hydrogen-bond donors (Lipinski definition) is 1. The van der Waals surface area contributed by atoms with Crippen LogP contribution in [0.5, 0.6) is 11.5 Å². The summed E-state index contributed by atoms with van der Waals surface area (Å²) in [5.41, 5.74) is 1.27. The molecule has 6 nitrogen and oxygen atoms in total. The molecule has 1 aromatic heterocycles. The Morgan fingerprint density at radius 2 is 2.05 bits per heavy atom. The highest BCUT2D eigenvalue weighted by atomic mass is 16.5. The second-order valence-corrected chi connectivity index (χ2v) is 3.85. The summed E-state index contributed by atoms with van der Waals surface area (Å²) in [5.74, 6) is 0.206. The smallest absolute Gasteiger partial charge is 0.341 e. The molecule has 0 atom stereocenters. The van der Waals surface area contributed by atoms with E-state index in [2.05, 4.69) is 5.16 Å². The minimum Gasteiger partial charge on any atom is -0.496 e. The summed E-state index contributed by atoms with van der Waals surface area (Å²) in [6.07, 6.45) is 1.16. The summed E-state index contributed by atoms with van der Waals surface area (Å²) in [7, 11) is 3.06. The van der Waals surface area contributed by atoms with Gasteiger partial charge in [-0.05, 0) is 19.1 Å². The predicted molar refractivity (Wildman–Crippen MR) is 66.7 cm³/mol. The number of nitrogens with zero attached hydrogens (tertiary/aromatic N) is 1. The first-order valence-corrected chi connectivity index (χ1v) is 5.50. The Labute approximate surface area is 109 Å². The van der Waals surface area contributed by atoms with Gasteiger partial charge in [0.1, 0.15) is 17.1 Å². The molecular formula is C13H13NO5. The first kappa shape index (κ1) is 12.9. The SMILES string of the molecule is COc1ccc(-c2oncc2C(=O)O)c(OC)c1C. The predicted octanol–water partition coefficient (Wildman–Crippen LogP) is 2.37. The Hall–Kier alpha value is -2.50. The Kier molecular flexibility index (Phi) is 3.41. The number of aromatic nitrogens is 1. The number of carbonyl (C=O) groups is 1. The molecule has 0 aliphatic carbocycles. The third kappa shape index (κ3) is 2.12. The number of aromatic carboxylic acids is 1. The first-order valence-electron chi connectivity index (χ1n) is 5.50.